The molecule has 4 aromatic carbocycles. The number of hydrogen-bond donors (Lipinski definition) is 2. The van der Waals surface area contributed by atoms with Crippen LogP contribution in [0.1, 0.15) is 11.1 Å². The molecule has 0 unspecified atom stereocenters. The maximum Gasteiger partial charge on any atom is 0.262 e. The number of ether oxygens (including phenoxy) is 2. The monoisotopic (exact) mass is 610 g/mol. The van der Waals surface area contributed by atoms with E-state index in [0.29, 0.717) is 22.9 Å². The van der Waals surface area contributed by atoms with E-state index in [2.05, 4.69) is 42.5 Å². The molecule has 6 nitrogen and oxygen atoms in total. The fourth-order valence-electron chi connectivity index (χ4n) is 3.61. The summed E-state index contributed by atoms with van der Waals surface area (Å²) >= 11 is 6.90. The van der Waals surface area contributed by atoms with Crippen LogP contribution in [0.5, 0.6) is 11.5 Å². The molecule has 0 fully saturated rings. The summed E-state index contributed by atoms with van der Waals surface area (Å²) in [5.74, 6) is 0.676. The van der Waals surface area contributed by atoms with Gasteiger partial charge in [0.05, 0.1) is 0 Å². The van der Waals surface area contributed by atoms with E-state index >= 15 is 0 Å². The number of benzene rings is 4. The van der Waals surface area contributed by atoms with Gasteiger partial charge in [0.1, 0.15) is 11.5 Å². The first-order valence-electron chi connectivity index (χ1n) is 11.2. The van der Waals surface area contributed by atoms with Gasteiger partial charge in [0.25, 0.3) is 11.8 Å². The van der Waals surface area contributed by atoms with Crippen molar-refractivity contribution in [2.75, 3.05) is 23.8 Å². The van der Waals surface area contributed by atoms with E-state index < -0.39 is 0 Å². The van der Waals surface area contributed by atoms with Gasteiger partial charge >= 0.3 is 0 Å². The van der Waals surface area contributed by atoms with Crippen molar-refractivity contribution in [2.24, 2.45) is 0 Å². The summed E-state index contributed by atoms with van der Waals surface area (Å²) in [6.07, 6.45) is 0. The van der Waals surface area contributed by atoms with Gasteiger partial charge in [0.15, 0.2) is 13.2 Å². The van der Waals surface area contributed by atoms with Gasteiger partial charge < -0.3 is 20.1 Å². The Hall–Kier alpha value is -3.36. The summed E-state index contributed by atoms with van der Waals surface area (Å²) in [6, 6.07) is 22.2. The van der Waals surface area contributed by atoms with E-state index in [4.69, 9.17) is 9.47 Å². The molecule has 0 aromatic heterocycles. The second-order valence-corrected chi connectivity index (χ2v) is 9.91. The summed E-state index contributed by atoms with van der Waals surface area (Å²) in [5, 5.41) is 7.40. The van der Waals surface area contributed by atoms with Crippen LogP contribution < -0.4 is 20.1 Å². The molecule has 0 heterocycles. The molecule has 2 amide bonds. The molecule has 36 heavy (non-hydrogen) atoms. The molecule has 0 aliphatic rings. The fraction of sp³-hybridized carbons (Fsp3) is 0.143. The quantitative estimate of drug-likeness (QED) is 0.225. The number of rotatable bonds is 8. The lowest BCUT2D eigenvalue weighted by atomic mass is 10.1. The Labute approximate surface area is 226 Å². The van der Waals surface area contributed by atoms with Gasteiger partial charge in [0, 0.05) is 31.1 Å². The Morgan fingerprint density at radius 1 is 0.667 bits per heavy atom. The van der Waals surface area contributed by atoms with Gasteiger partial charge in [-0.25, -0.2) is 0 Å². The topological polar surface area (TPSA) is 76.7 Å². The molecule has 0 bridgehead atoms. The van der Waals surface area contributed by atoms with E-state index in [1.807, 2.05) is 74.5 Å². The van der Waals surface area contributed by atoms with Crippen LogP contribution >= 0.6 is 31.9 Å². The summed E-state index contributed by atoms with van der Waals surface area (Å²) in [5.41, 5.74) is 3.30. The molecule has 8 heteroatoms. The SMILES string of the molecule is Cc1cc(OCC(=O)Nc2cccc3c(NC(=O)COc4ccc(Br)c(C)c4)cccc23)ccc1Br. The zero-order chi connectivity index (χ0) is 25.7. The number of amides is 2. The predicted octanol–water partition coefficient (Wildman–Crippen LogP) is 7.02. The van der Waals surface area contributed by atoms with Crippen molar-refractivity contribution in [3.63, 3.8) is 0 Å². The second kappa shape index (κ2) is 11.6. The van der Waals surface area contributed by atoms with Crippen LogP contribution in [0.25, 0.3) is 10.8 Å². The Morgan fingerprint density at radius 3 is 1.47 bits per heavy atom. The van der Waals surface area contributed by atoms with Gasteiger partial charge in [-0.15, -0.1) is 0 Å². The molecule has 4 rings (SSSR count). The number of carbonyl (C=O) groups excluding carboxylic acids is 2. The highest BCUT2D eigenvalue weighted by Gasteiger charge is 2.12. The predicted molar refractivity (Wildman–Crippen MR) is 150 cm³/mol. The third-order valence-corrected chi connectivity index (χ3v) is 7.25. The average molecular weight is 612 g/mol. The Bertz CT molecular complexity index is 1330. The molecule has 4 aromatic rings. The minimum Gasteiger partial charge on any atom is -0.484 e. The number of halogens is 2. The largest absolute Gasteiger partial charge is 0.484 e. The molecule has 0 saturated carbocycles. The third kappa shape index (κ3) is 6.44. The normalized spacial score (nSPS) is 10.7. The molecule has 0 aliphatic carbocycles. The van der Waals surface area contributed by atoms with Crippen LogP contribution in [0.3, 0.4) is 0 Å². The minimum absolute atomic E-state index is 0.124. The number of anilines is 2. The number of nitrogens with one attached hydrogen (secondary N) is 2. The van der Waals surface area contributed by atoms with Crippen molar-refractivity contribution in [1.82, 2.24) is 0 Å². The van der Waals surface area contributed by atoms with Gasteiger partial charge in [-0.2, -0.15) is 0 Å². The minimum atomic E-state index is -0.282. The first-order chi connectivity index (χ1) is 17.3. The Morgan fingerprint density at radius 2 is 1.08 bits per heavy atom. The fourth-order valence-corrected chi connectivity index (χ4v) is 4.11. The summed E-state index contributed by atoms with van der Waals surface area (Å²) in [4.78, 5) is 25.1. The van der Waals surface area contributed by atoms with E-state index in [0.717, 1.165) is 30.8 Å². The van der Waals surface area contributed by atoms with Crippen LogP contribution in [-0.4, -0.2) is 25.0 Å². The lowest BCUT2D eigenvalue weighted by Gasteiger charge is -2.13. The van der Waals surface area contributed by atoms with Crippen molar-refractivity contribution in [3.8, 4) is 11.5 Å². The molecule has 0 saturated heterocycles. The van der Waals surface area contributed by atoms with Gasteiger partial charge in [-0.1, -0.05) is 56.1 Å². The maximum atomic E-state index is 12.6. The Balaban J connectivity index is 1.41. The van der Waals surface area contributed by atoms with E-state index in [-0.39, 0.29) is 25.0 Å². The van der Waals surface area contributed by atoms with Crippen LogP contribution in [0.4, 0.5) is 11.4 Å². The Kier molecular flexibility index (Phi) is 8.28. The van der Waals surface area contributed by atoms with Crippen molar-refractivity contribution < 1.29 is 19.1 Å². The summed E-state index contributed by atoms with van der Waals surface area (Å²) in [7, 11) is 0. The van der Waals surface area contributed by atoms with Crippen LogP contribution in [0.2, 0.25) is 0 Å². The lowest BCUT2D eigenvalue weighted by molar-refractivity contribution is -0.118. The number of hydrogen-bond acceptors (Lipinski definition) is 4. The first-order valence-corrected chi connectivity index (χ1v) is 12.8. The molecule has 0 atom stereocenters. The van der Waals surface area contributed by atoms with Crippen LogP contribution in [0.15, 0.2) is 81.7 Å². The van der Waals surface area contributed by atoms with Crippen molar-refractivity contribution in [1.29, 1.82) is 0 Å². The third-order valence-electron chi connectivity index (χ3n) is 5.47. The zero-order valence-corrected chi connectivity index (χ0v) is 22.9. The van der Waals surface area contributed by atoms with E-state index in [1.165, 1.54) is 0 Å². The average Bonchev–Trinajstić information content (AvgIpc) is 2.86. The molecule has 0 spiro atoms. The lowest BCUT2D eigenvalue weighted by Crippen LogP contribution is -2.21. The molecular formula is C28H24Br2N2O4. The van der Waals surface area contributed by atoms with E-state index in [1.54, 1.807) is 12.1 Å². The number of carbonyl (C=O) groups is 2. The standard InChI is InChI=1S/C28H24Br2N2O4/c1-17-13-19(9-11-23(17)29)35-15-27(33)31-25-7-3-6-22-21(25)5-4-8-26(22)32-28(34)16-36-20-10-12-24(30)18(2)14-20/h3-14H,15-16H2,1-2H3,(H,31,33)(H,32,34). The summed E-state index contributed by atoms with van der Waals surface area (Å²) < 4.78 is 13.2. The number of fused-ring (bicyclic) bond motifs is 1. The van der Waals surface area contributed by atoms with Gasteiger partial charge in [-0.3, -0.25) is 9.59 Å². The number of aryl methyl sites for hydroxylation is 2. The van der Waals surface area contributed by atoms with Crippen molar-refractivity contribution in [3.05, 3.63) is 92.9 Å². The van der Waals surface area contributed by atoms with E-state index in [9.17, 15) is 9.59 Å². The maximum absolute atomic E-state index is 12.6. The molecule has 0 aliphatic heterocycles. The first kappa shape index (κ1) is 25.7. The summed E-state index contributed by atoms with van der Waals surface area (Å²) in [6.45, 7) is 3.66. The zero-order valence-electron chi connectivity index (χ0n) is 19.7. The molecule has 184 valence electrons. The molecular weight excluding hydrogens is 588 g/mol. The second-order valence-electron chi connectivity index (χ2n) is 8.20. The van der Waals surface area contributed by atoms with Crippen molar-refractivity contribution >= 4 is 65.8 Å². The highest BCUT2D eigenvalue weighted by Crippen LogP contribution is 2.30. The molecule has 2 N–H and O–H groups in total. The van der Waals surface area contributed by atoms with Crippen LogP contribution in [0, 0.1) is 13.8 Å². The van der Waals surface area contributed by atoms with Crippen LogP contribution in [-0.2, 0) is 9.59 Å². The molecule has 0 radical (unpaired) electrons. The highest BCUT2D eigenvalue weighted by molar-refractivity contribution is 9.10. The highest BCUT2D eigenvalue weighted by atomic mass is 79.9. The van der Waals surface area contributed by atoms with Crippen molar-refractivity contribution in [2.45, 2.75) is 13.8 Å². The smallest absolute Gasteiger partial charge is 0.262 e. The van der Waals surface area contributed by atoms with Gasteiger partial charge in [-0.05, 0) is 73.5 Å². The van der Waals surface area contributed by atoms with Gasteiger partial charge in [0.2, 0.25) is 0 Å².